The summed E-state index contributed by atoms with van der Waals surface area (Å²) in [6.45, 7) is 8.85. The van der Waals surface area contributed by atoms with Gasteiger partial charge in [0.15, 0.2) is 0 Å². The molecule has 0 aliphatic heterocycles. The van der Waals surface area contributed by atoms with Crippen LogP contribution < -0.4 is 0 Å². The van der Waals surface area contributed by atoms with Crippen molar-refractivity contribution >= 4 is 34.5 Å². The van der Waals surface area contributed by atoms with Crippen LogP contribution in [0.15, 0.2) is 29.6 Å². The predicted octanol–water partition coefficient (Wildman–Crippen LogP) is 6.98. The molecule has 20 heavy (non-hydrogen) atoms. The molecule has 0 spiro atoms. The third-order valence-electron chi connectivity index (χ3n) is 3.55. The molecule has 0 radical (unpaired) electrons. The molecule has 0 bridgehead atoms. The molecule has 0 aliphatic carbocycles. The second kappa shape index (κ2) is 6.51. The average Bonchev–Trinajstić information content (AvgIpc) is 2.83. The van der Waals surface area contributed by atoms with Crippen LogP contribution in [0.1, 0.15) is 66.5 Å². The van der Waals surface area contributed by atoms with Gasteiger partial charge in [-0.25, -0.2) is 0 Å². The molecule has 2 aromatic rings. The van der Waals surface area contributed by atoms with Crippen LogP contribution in [0.3, 0.4) is 0 Å². The second-order valence-corrected chi connectivity index (χ2v) is 7.48. The Kier molecular flexibility index (Phi) is 5.17. The standard InChI is InChI=1S/C17H20Cl2S/c1-10(2)12-5-6-13(14(9-12)11(3)4)16(19)17-15(18)7-8-20-17/h5-11,16H,1-4H3. The van der Waals surface area contributed by atoms with Crippen molar-refractivity contribution in [2.24, 2.45) is 0 Å². The van der Waals surface area contributed by atoms with E-state index in [0.717, 1.165) is 9.90 Å². The van der Waals surface area contributed by atoms with E-state index < -0.39 is 0 Å². The van der Waals surface area contributed by atoms with E-state index >= 15 is 0 Å². The highest BCUT2D eigenvalue weighted by atomic mass is 35.5. The summed E-state index contributed by atoms with van der Waals surface area (Å²) in [5.41, 5.74) is 3.86. The first-order chi connectivity index (χ1) is 9.41. The SMILES string of the molecule is CC(C)c1ccc(C(Cl)c2sccc2Cl)c(C(C)C)c1. The topological polar surface area (TPSA) is 0 Å². The Bertz CT molecular complexity index is 584. The van der Waals surface area contributed by atoms with Crippen LogP contribution in [-0.2, 0) is 0 Å². The quantitative estimate of drug-likeness (QED) is 0.532. The second-order valence-electron chi connectivity index (χ2n) is 5.69. The van der Waals surface area contributed by atoms with Crippen molar-refractivity contribution in [3.63, 3.8) is 0 Å². The maximum atomic E-state index is 6.69. The summed E-state index contributed by atoms with van der Waals surface area (Å²) >= 11 is 14.5. The van der Waals surface area contributed by atoms with Gasteiger partial charge in [-0.1, -0.05) is 57.5 Å². The lowest BCUT2D eigenvalue weighted by atomic mass is 9.90. The van der Waals surface area contributed by atoms with E-state index in [4.69, 9.17) is 23.2 Å². The van der Waals surface area contributed by atoms with Crippen molar-refractivity contribution in [3.05, 3.63) is 56.2 Å². The summed E-state index contributed by atoms with van der Waals surface area (Å²) in [5, 5.41) is 2.59. The molecule has 0 amide bonds. The third kappa shape index (κ3) is 3.21. The highest BCUT2D eigenvalue weighted by Crippen LogP contribution is 2.40. The van der Waals surface area contributed by atoms with Crippen molar-refractivity contribution in [2.45, 2.75) is 44.9 Å². The minimum atomic E-state index is -0.166. The Labute approximate surface area is 135 Å². The molecule has 0 nitrogen and oxygen atoms in total. The molecule has 1 atom stereocenters. The van der Waals surface area contributed by atoms with E-state index in [0.29, 0.717) is 11.8 Å². The summed E-state index contributed by atoms with van der Waals surface area (Å²) in [5.74, 6) is 0.976. The first-order valence-corrected chi connectivity index (χ1v) is 8.62. The van der Waals surface area contributed by atoms with Gasteiger partial charge in [0, 0.05) is 4.88 Å². The summed E-state index contributed by atoms with van der Waals surface area (Å²) in [4.78, 5) is 1.03. The molecule has 108 valence electrons. The van der Waals surface area contributed by atoms with Crippen LogP contribution in [0.2, 0.25) is 5.02 Å². The van der Waals surface area contributed by atoms with Gasteiger partial charge in [-0.05, 0) is 40.0 Å². The van der Waals surface area contributed by atoms with Gasteiger partial charge in [-0.2, -0.15) is 0 Å². The molecule has 0 saturated carbocycles. The van der Waals surface area contributed by atoms with Crippen molar-refractivity contribution in [2.75, 3.05) is 0 Å². The van der Waals surface area contributed by atoms with Gasteiger partial charge in [0.2, 0.25) is 0 Å². The Morgan fingerprint density at radius 3 is 2.15 bits per heavy atom. The lowest BCUT2D eigenvalue weighted by Crippen LogP contribution is -2.02. The molecule has 0 saturated heterocycles. The first-order valence-electron chi connectivity index (χ1n) is 6.92. The third-order valence-corrected chi connectivity index (χ3v) is 5.55. The fourth-order valence-electron chi connectivity index (χ4n) is 2.31. The highest BCUT2D eigenvalue weighted by Gasteiger charge is 2.20. The molecule has 0 aliphatic rings. The van der Waals surface area contributed by atoms with Crippen LogP contribution in [0.4, 0.5) is 0 Å². The number of thiophene rings is 1. The van der Waals surface area contributed by atoms with E-state index in [1.807, 2.05) is 11.4 Å². The summed E-state index contributed by atoms with van der Waals surface area (Å²) in [6.07, 6.45) is 0. The van der Waals surface area contributed by atoms with E-state index in [1.165, 1.54) is 16.7 Å². The number of alkyl halides is 1. The van der Waals surface area contributed by atoms with Crippen LogP contribution in [-0.4, -0.2) is 0 Å². The summed E-state index contributed by atoms with van der Waals surface area (Å²) < 4.78 is 0. The van der Waals surface area contributed by atoms with E-state index in [1.54, 1.807) is 11.3 Å². The van der Waals surface area contributed by atoms with Crippen LogP contribution in [0.25, 0.3) is 0 Å². The van der Waals surface area contributed by atoms with Gasteiger partial charge in [0.05, 0.1) is 10.4 Å². The smallest absolute Gasteiger partial charge is 0.0945 e. The van der Waals surface area contributed by atoms with Gasteiger partial charge < -0.3 is 0 Å². The van der Waals surface area contributed by atoms with Crippen molar-refractivity contribution in [1.29, 1.82) is 0 Å². The molecule has 3 heteroatoms. The van der Waals surface area contributed by atoms with E-state index in [2.05, 4.69) is 45.9 Å². The lowest BCUT2D eigenvalue weighted by molar-refractivity contribution is 0.819. The number of hydrogen-bond acceptors (Lipinski definition) is 1. The zero-order valence-corrected chi connectivity index (χ0v) is 14.6. The van der Waals surface area contributed by atoms with Gasteiger partial charge in [-0.15, -0.1) is 22.9 Å². The highest BCUT2D eigenvalue weighted by molar-refractivity contribution is 7.11. The molecule has 1 unspecified atom stereocenters. The Hall–Kier alpha value is -0.500. The van der Waals surface area contributed by atoms with Crippen LogP contribution >= 0.6 is 34.5 Å². The molecule has 0 N–H and O–H groups in total. The zero-order valence-electron chi connectivity index (χ0n) is 12.3. The van der Waals surface area contributed by atoms with Crippen LogP contribution in [0.5, 0.6) is 0 Å². The van der Waals surface area contributed by atoms with Crippen molar-refractivity contribution in [3.8, 4) is 0 Å². The average molecular weight is 327 g/mol. The molecule has 2 rings (SSSR count). The molecular formula is C17H20Cl2S. The molecular weight excluding hydrogens is 307 g/mol. The fourth-order valence-corrected chi connectivity index (χ4v) is 4.00. The van der Waals surface area contributed by atoms with E-state index in [9.17, 15) is 0 Å². The minimum absolute atomic E-state index is 0.166. The lowest BCUT2D eigenvalue weighted by Gasteiger charge is -2.19. The monoisotopic (exact) mass is 326 g/mol. The normalized spacial score (nSPS) is 13.2. The van der Waals surface area contributed by atoms with Gasteiger partial charge >= 0.3 is 0 Å². The Morgan fingerprint density at radius 2 is 1.65 bits per heavy atom. The van der Waals surface area contributed by atoms with Crippen molar-refractivity contribution < 1.29 is 0 Å². The summed E-state index contributed by atoms with van der Waals surface area (Å²) in [6, 6.07) is 8.55. The Morgan fingerprint density at radius 1 is 0.950 bits per heavy atom. The Balaban J connectivity index is 2.48. The van der Waals surface area contributed by atoms with Gasteiger partial charge in [0.1, 0.15) is 0 Å². The number of hydrogen-bond donors (Lipinski definition) is 0. The van der Waals surface area contributed by atoms with E-state index in [-0.39, 0.29) is 5.38 Å². The maximum absolute atomic E-state index is 6.69. The molecule has 0 fully saturated rings. The van der Waals surface area contributed by atoms with Gasteiger partial charge in [-0.3, -0.25) is 0 Å². The minimum Gasteiger partial charge on any atom is -0.145 e. The summed E-state index contributed by atoms with van der Waals surface area (Å²) in [7, 11) is 0. The number of benzene rings is 1. The van der Waals surface area contributed by atoms with Gasteiger partial charge in [0.25, 0.3) is 0 Å². The number of rotatable bonds is 4. The molecule has 1 aromatic heterocycles. The predicted molar refractivity (Wildman–Crippen MR) is 91.6 cm³/mol. The largest absolute Gasteiger partial charge is 0.145 e. The maximum Gasteiger partial charge on any atom is 0.0945 e. The first kappa shape index (κ1) is 15.9. The molecule has 1 heterocycles. The molecule has 1 aromatic carbocycles. The van der Waals surface area contributed by atoms with Crippen molar-refractivity contribution in [1.82, 2.24) is 0 Å². The van der Waals surface area contributed by atoms with Crippen LogP contribution in [0, 0.1) is 0 Å². The zero-order chi connectivity index (χ0) is 14.9. The number of halogens is 2. The fraction of sp³-hybridized carbons (Fsp3) is 0.412.